The standard InChI is InChI=1S/C21H25N7O2/c1-30-19-10-17-13(12-28(27-17)15-5-3-14(23)4-6-15)9-16(19)21(29)26-18(11-22)20-24-7-2-8-25-20/h2,7-12,14-15H,3-6,22-23H2,1H3,(H,26,29). The van der Waals surface area contributed by atoms with Gasteiger partial charge in [-0.15, -0.1) is 0 Å². The lowest BCUT2D eigenvalue weighted by atomic mass is 9.92. The van der Waals surface area contributed by atoms with Crippen LogP contribution >= 0.6 is 0 Å². The number of nitrogens with two attached hydrogens (primary N) is 2. The number of nitrogens with zero attached hydrogens (tertiary/aromatic N) is 4. The minimum absolute atomic E-state index is 0.278. The summed E-state index contributed by atoms with van der Waals surface area (Å²) in [5.41, 5.74) is 13.2. The quantitative estimate of drug-likeness (QED) is 0.588. The second kappa shape index (κ2) is 8.50. The van der Waals surface area contributed by atoms with Crippen LogP contribution in [0.3, 0.4) is 0 Å². The van der Waals surface area contributed by atoms with Gasteiger partial charge >= 0.3 is 0 Å². The molecule has 2 aromatic heterocycles. The number of benzene rings is 1. The first-order valence-electron chi connectivity index (χ1n) is 9.92. The van der Waals surface area contributed by atoms with Crippen LogP contribution in [-0.4, -0.2) is 38.8 Å². The molecule has 2 heterocycles. The van der Waals surface area contributed by atoms with E-state index in [0.717, 1.165) is 36.6 Å². The summed E-state index contributed by atoms with van der Waals surface area (Å²) in [6, 6.07) is 5.85. The number of methoxy groups -OCH3 is 1. The molecule has 1 fully saturated rings. The van der Waals surface area contributed by atoms with Crippen molar-refractivity contribution in [3.05, 3.63) is 54.4 Å². The van der Waals surface area contributed by atoms with Crippen molar-refractivity contribution in [3.8, 4) is 5.75 Å². The van der Waals surface area contributed by atoms with Crippen molar-refractivity contribution >= 4 is 22.5 Å². The number of carbonyl (C=O) groups is 1. The summed E-state index contributed by atoms with van der Waals surface area (Å²) in [6.45, 7) is 0. The van der Waals surface area contributed by atoms with E-state index in [1.165, 1.54) is 13.3 Å². The van der Waals surface area contributed by atoms with Crippen molar-refractivity contribution in [1.29, 1.82) is 0 Å². The van der Waals surface area contributed by atoms with Gasteiger partial charge in [0.1, 0.15) is 11.4 Å². The van der Waals surface area contributed by atoms with Crippen LogP contribution in [0.1, 0.15) is 47.9 Å². The summed E-state index contributed by atoms with van der Waals surface area (Å²) in [5, 5.41) is 8.34. The molecule has 0 spiro atoms. The van der Waals surface area contributed by atoms with E-state index >= 15 is 0 Å². The molecular formula is C21H25N7O2. The zero-order chi connectivity index (χ0) is 21.1. The number of amides is 1. The molecule has 30 heavy (non-hydrogen) atoms. The lowest BCUT2D eigenvalue weighted by molar-refractivity contribution is 0.0970. The van der Waals surface area contributed by atoms with Crippen LogP contribution in [0.25, 0.3) is 16.6 Å². The lowest BCUT2D eigenvalue weighted by Crippen LogP contribution is -2.27. The Balaban J connectivity index is 1.62. The summed E-state index contributed by atoms with van der Waals surface area (Å²) < 4.78 is 7.44. The third kappa shape index (κ3) is 3.97. The summed E-state index contributed by atoms with van der Waals surface area (Å²) in [4.78, 5) is 21.2. The normalized spacial score (nSPS) is 19.6. The van der Waals surface area contributed by atoms with Crippen LogP contribution in [-0.2, 0) is 0 Å². The Kier molecular flexibility index (Phi) is 5.62. The number of hydrogen-bond acceptors (Lipinski definition) is 7. The van der Waals surface area contributed by atoms with Crippen molar-refractivity contribution < 1.29 is 9.53 Å². The van der Waals surface area contributed by atoms with Gasteiger partial charge in [-0.25, -0.2) is 9.97 Å². The minimum Gasteiger partial charge on any atom is -0.496 e. The van der Waals surface area contributed by atoms with Gasteiger partial charge in [0.25, 0.3) is 5.91 Å². The minimum atomic E-state index is -0.366. The molecule has 1 saturated carbocycles. The van der Waals surface area contributed by atoms with Crippen molar-refractivity contribution in [1.82, 2.24) is 25.1 Å². The highest BCUT2D eigenvalue weighted by Crippen LogP contribution is 2.31. The molecule has 5 N–H and O–H groups in total. The fraction of sp³-hybridized carbons (Fsp3) is 0.333. The van der Waals surface area contributed by atoms with Crippen molar-refractivity contribution in [3.63, 3.8) is 0 Å². The Morgan fingerprint density at radius 2 is 1.97 bits per heavy atom. The first-order chi connectivity index (χ1) is 14.6. The SMILES string of the molecule is COc1cc2nn(C3CCC(N)CC3)cc2cc1C(=O)NC(=CN)c1ncccn1. The van der Waals surface area contributed by atoms with Gasteiger partial charge in [0.2, 0.25) is 0 Å². The zero-order valence-electron chi connectivity index (χ0n) is 16.8. The van der Waals surface area contributed by atoms with Crippen LogP contribution < -0.4 is 21.5 Å². The first kappa shape index (κ1) is 19.8. The van der Waals surface area contributed by atoms with Gasteiger partial charge in [-0.3, -0.25) is 9.48 Å². The Hall–Kier alpha value is -3.46. The molecule has 1 aromatic carbocycles. The molecule has 0 unspecified atom stereocenters. The maximum absolute atomic E-state index is 13.0. The van der Waals surface area contributed by atoms with Crippen LogP contribution in [0.4, 0.5) is 0 Å². The number of nitrogens with one attached hydrogen (secondary N) is 1. The summed E-state index contributed by atoms with van der Waals surface area (Å²) in [7, 11) is 1.53. The summed E-state index contributed by atoms with van der Waals surface area (Å²) in [6.07, 6.45) is 10.4. The van der Waals surface area contributed by atoms with Crippen molar-refractivity contribution in [2.24, 2.45) is 11.5 Å². The van der Waals surface area contributed by atoms with Crippen LogP contribution in [0, 0.1) is 0 Å². The third-order valence-corrected chi connectivity index (χ3v) is 5.42. The van der Waals surface area contributed by atoms with Gasteiger partial charge in [0.05, 0.1) is 24.2 Å². The number of aromatic nitrogens is 4. The van der Waals surface area contributed by atoms with Gasteiger partial charge in [0, 0.05) is 42.3 Å². The lowest BCUT2D eigenvalue weighted by Gasteiger charge is -2.26. The molecule has 9 heteroatoms. The molecule has 1 amide bonds. The second-order valence-corrected chi connectivity index (χ2v) is 7.40. The molecule has 0 saturated heterocycles. The molecule has 156 valence electrons. The van der Waals surface area contributed by atoms with Crippen LogP contribution in [0.15, 0.2) is 43.0 Å². The highest BCUT2D eigenvalue weighted by molar-refractivity contribution is 6.04. The van der Waals surface area contributed by atoms with Gasteiger partial charge in [-0.1, -0.05) is 0 Å². The van der Waals surface area contributed by atoms with E-state index in [2.05, 4.69) is 15.3 Å². The fourth-order valence-electron chi connectivity index (χ4n) is 3.77. The largest absolute Gasteiger partial charge is 0.496 e. The topological polar surface area (TPSA) is 134 Å². The zero-order valence-corrected chi connectivity index (χ0v) is 16.8. The van der Waals surface area contributed by atoms with Gasteiger partial charge in [-0.2, -0.15) is 5.10 Å². The van der Waals surface area contributed by atoms with Crippen LogP contribution in [0.2, 0.25) is 0 Å². The fourth-order valence-corrected chi connectivity index (χ4v) is 3.77. The molecule has 0 aliphatic heterocycles. The van der Waals surface area contributed by atoms with Gasteiger partial charge in [-0.05, 0) is 37.8 Å². The predicted octanol–water partition coefficient (Wildman–Crippen LogP) is 1.96. The Morgan fingerprint density at radius 1 is 1.23 bits per heavy atom. The molecular weight excluding hydrogens is 382 g/mol. The summed E-state index contributed by atoms with van der Waals surface area (Å²) >= 11 is 0. The number of carbonyl (C=O) groups excluding carboxylic acids is 1. The highest BCUT2D eigenvalue weighted by Gasteiger charge is 2.22. The van der Waals surface area contributed by atoms with E-state index in [0.29, 0.717) is 28.9 Å². The van der Waals surface area contributed by atoms with Crippen molar-refractivity contribution in [2.75, 3.05) is 7.11 Å². The molecule has 4 rings (SSSR count). The highest BCUT2D eigenvalue weighted by atomic mass is 16.5. The van der Waals surface area contributed by atoms with E-state index in [1.807, 2.05) is 10.9 Å². The Bertz CT molecular complexity index is 1070. The van der Waals surface area contributed by atoms with Crippen LogP contribution in [0.5, 0.6) is 5.75 Å². The van der Waals surface area contributed by atoms with E-state index in [1.54, 1.807) is 30.6 Å². The monoisotopic (exact) mass is 407 g/mol. The van der Waals surface area contributed by atoms with E-state index in [4.69, 9.17) is 21.3 Å². The molecule has 3 aromatic rings. The smallest absolute Gasteiger partial charge is 0.259 e. The molecule has 1 aliphatic rings. The maximum Gasteiger partial charge on any atom is 0.259 e. The summed E-state index contributed by atoms with van der Waals surface area (Å²) in [5.74, 6) is 0.396. The van der Waals surface area contributed by atoms with Gasteiger partial charge < -0.3 is 21.5 Å². The molecule has 0 bridgehead atoms. The van der Waals surface area contributed by atoms with E-state index in [-0.39, 0.29) is 11.9 Å². The first-order valence-corrected chi connectivity index (χ1v) is 9.92. The van der Waals surface area contributed by atoms with Crippen molar-refractivity contribution in [2.45, 2.75) is 37.8 Å². The average Bonchev–Trinajstić information content (AvgIpc) is 3.20. The number of hydrogen-bond donors (Lipinski definition) is 3. The molecule has 0 radical (unpaired) electrons. The number of ether oxygens (including phenoxy) is 1. The number of rotatable bonds is 5. The van der Waals surface area contributed by atoms with Gasteiger partial charge in [0.15, 0.2) is 5.82 Å². The molecule has 9 nitrogen and oxygen atoms in total. The van der Waals surface area contributed by atoms with E-state index < -0.39 is 0 Å². The van der Waals surface area contributed by atoms with E-state index in [9.17, 15) is 4.79 Å². The average molecular weight is 407 g/mol. The number of fused-ring (bicyclic) bond motifs is 1. The second-order valence-electron chi connectivity index (χ2n) is 7.40. The third-order valence-electron chi connectivity index (χ3n) is 5.42. The maximum atomic E-state index is 13.0. The molecule has 0 atom stereocenters. The molecule has 1 aliphatic carbocycles. The predicted molar refractivity (Wildman–Crippen MR) is 113 cm³/mol. The Labute approximate surface area is 174 Å². The Morgan fingerprint density at radius 3 is 2.63 bits per heavy atom.